The van der Waals surface area contributed by atoms with Crippen molar-refractivity contribution < 1.29 is 23.8 Å². The minimum absolute atomic E-state index is 0.253. The molecule has 1 unspecified atom stereocenters. The SMILES string of the molecule is CCCCOc1ccc(NC(=O)C(C)(CCC)OC)cc1C(=O)OCC. The molecule has 146 valence electrons. The minimum Gasteiger partial charge on any atom is -0.493 e. The van der Waals surface area contributed by atoms with Crippen molar-refractivity contribution in [1.82, 2.24) is 0 Å². The summed E-state index contributed by atoms with van der Waals surface area (Å²) < 4.78 is 16.2. The van der Waals surface area contributed by atoms with E-state index in [-0.39, 0.29) is 12.5 Å². The van der Waals surface area contributed by atoms with Crippen molar-refractivity contribution in [3.63, 3.8) is 0 Å². The Morgan fingerprint density at radius 2 is 1.88 bits per heavy atom. The Morgan fingerprint density at radius 1 is 1.15 bits per heavy atom. The van der Waals surface area contributed by atoms with Gasteiger partial charge in [-0.3, -0.25) is 4.79 Å². The van der Waals surface area contributed by atoms with E-state index in [1.807, 2.05) is 6.92 Å². The van der Waals surface area contributed by atoms with Crippen LogP contribution in [0.1, 0.15) is 63.7 Å². The second kappa shape index (κ2) is 10.8. The molecule has 0 spiro atoms. The van der Waals surface area contributed by atoms with Crippen LogP contribution in [-0.2, 0) is 14.3 Å². The molecule has 26 heavy (non-hydrogen) atoms. The molecule has 1 amide bonds. The summed E-state index contributed by atoms with van der Waals surface area (Å²) in [7, 11) is 1.52. The van der Waals surface area contributed by atoms with Gasteiger partial charge in [-0.05, 0) is 44.9 Å². The van der Waals surface area contributed by atoms with E-state index in [1.54, 1.807) is 32.0 Å². The highest BCUT2D eigenvalue weighted by Gasteiger charge is 2.32. The van der Waals surface area contributed by atoms with Crippen LogP contribution in [0.4, 0.5) is 5.69 Å². The van der Waals surface area contributed by atoms with E-state index >= 15 is 0 Å². The lowest BCUT2D eigenvalue weighted by atomic mass is 9.99. The minimum atomic E-state index is -0.921. The maximum atomic E-state index is 12.6. The highest BCUT2D eigenvalue weighted by Crippen LogP contribution is 2.26. The fourth-order valence-corrected chi connectivity index (χ4v) is 2.48. The van der Waals surface area contributed by atoms with Crippen LogP contribution in [0.2, 0.25) is 0 Å². The number of carbonyl (C=O) groups excluding carboxylic acids is 2. The fraction of sp³-hybridized carbons (Fsp3) is 0.600. The van der Waals surface area contributed by atoms with Crippen LogP contribution >= 0.6 is 0 Å². The first-order valence-electron chi connectivity index (χ1n) is 9.22. The number of nitrogens with one attached hydrogen (secondary N) is 1. The number of methoxy groups -OCH3 is 1. The summed E-state index contributed by atoms with van der Waals surface area (Å²) in [4.78, 5) is 24.8. The topological polar surface area (TPSA) is 73.9 Å². The van der Waals surface area contributed by atoms with Crippen LogP contribution in [0, 0.1) is 0 Å². The van der Waals surface area contributed by atoms with Gasteiger partial charge in [0.15, 0.2) is 0 Å². The van der Waals surface area contributed by atoms with Crippen LogP contribution in [-0.4, -0.2) is 37.8 Å². The van der Waals surface area contributed by atoms with Gasteiger partial charge in [0, 0.05) is 12.8 Å². The van der Waals surface area contributed by atoms with Crippen LogP contribution in [0.5, 0.6) is 5.75 Å². The van der Waals surface area contributed by atoms with Crippen LogP contribution in [0.3, 0.4) is 0 Å². The molecule has 6 heteroatoms. The summed E-state index contributed by atoms with van der Waals surface area (Å²) in [6, 6.07) is 4.98. The van der Waals surface area contributed by atoms with Crippen molar-refractivity contribution >= 4 is 17.6 Å². The molecule has 0 fully saturated rings. The van der Waals surface area contributed by atoms with Crippen molar-refractivity contribution in [2.75, 3.05) is 25.6 Å². The highest BCUT2D eigenvalue weighted by molar-refractivity contribution is 5.99. The molecule has 0 aliphatic carbocycles. The Labute approximate surface area is 156 Å². The van der Waals surface area contributed by atoms with Gasteiger partial charge >= 0.3 is 5.97 Å². The van der Waals surface area contributed by atoms with Crippen molar-refractivity contribution in [3.05, 3.63) is 23.8 Å². The molecular formula is C20H31NO5. The molecule has 1 rings (SSSR count). The maximum absolute atomic E-state index is 12.6. The van der Waals surface area contributed by atoms with E-state index in [0.29, 0.717) is 30.0 Å². The zero-order chi connectivity index (χ0) is 19.6. The normalized spacial score (nSPS) is 13.0. The number of hydrogen-bond donors (Lipinski definition) is 1. The van der Waals surface area contributed by atoms with Gasteiger partial charge in [-0.1, -0.05) is 26.7 Å². The first-order valence-corrected chi connectivity index (χ1v) is 9.22. The van der Waals surface area contributed by atoms with E-state index in [4.69, 9.17) is 14.2 Å². The van der Waals surface area contributed by atoms with E-state index in [2.05, 4.69) is 12.2 Å². The van der Waals surface area contributed by atoms with Gasteiger partial charge in [0.05, 0.1) is 13.2 Å². The molecule has 1 aromatic carbocycles. The number of esters is 1. The molecule has 0 aliphatic heterocycles. The zero-order valence-electron chi connectivity index (χ0n) is 16.5. The van der Waals surface area contributed by atoms with Crippen LogP contribution in [0.25, 0.3) is 0 Å². The van der Waals surface area contributed by atoms with E-state index in [0.717, 1.165) is 19.3 Å². The van der Waals surface area contributed by atoms with Gasteiger partial charge in [-0.2, -0.15) is 0 Å². The van der Waals surface area contributed by atoms with Crippen LogP contribution in [0.15, 0.2) is 18.2 Å². The molecule has 1 aromatic rings. The fourth-order valence-electron chi connectivity index (χ4n) is 2.48. The van der Waals surface area contributed by atoms with Gasteiger partial charge in [0.1, 0.15) is 16.9 Å². The summed E-state index contributed by atoms with van der Waals surface area (Å²) in [5, 5.41) is 2.82. The average molecular weight is 365 g/mol. The van der Waals surface area contributed by atoms with E-state index < -0.39 is 11.6 Å². The van der Waals surface area contributed by atoms with Crippen molar-refractivity contribution in [2.24, 2.45) is 0 Å². The molecule has 0 radical (unpaired) electrons. The Hall–Kier alpha value is -2.08. The van der Waals surface area contributed by atoms with Crippen molar-refractivity contribution in [1.29, 1.82) is 0 Å². The number of amides is 1. The molecule has 0 saturated carbocycles. The zero-order valence-corrected chi connectivity index (χ0v) is 16.5. The number of ether oxygens (including phenoxy) is 3. The summed E-state index contributed by atoms with van der Waals surface area (Å²) >= 11 is 0. The predicted octanol–water partition coefficient (Wildman–Crippen LogP) is 4.19. The average Bonchev–Trinajstić information content (AvgIpc) is 2.63. The first kappa shape index (κ1) is 22.0. The lowest BCUT2D eigenvalue weighted by molar-refractivity contribution is -0.136. The second-order valence-electron chi connectivity index (χ2n) is 6.27. The lowest BCUT2D eigenvalue weighted by Gasteiger charge is -2.26. The third kappa shape index (κ3) is 6.02. The molecular weight excluding hydrogens is 334 g/mol. The van der Waals surface area contributed by atoms with Gasteiger partial charge in [-0.25, -0.2) is 4.79 Å². The quantitative estimate of drug-likeness (QED) is 0.470. The molecule has 0 bridgehead atoms. The number of carbonyl (C=O) groups is 2. The Balaban J connectivity index is 3.04. The van der Waals surface area contributed by atoms with Gasteiger partial charge < -0.3 is 19.5 Å². The Morgan fingerprint density at radius 3 is 2.46 bits per heavy atom. The Kier molecular flexibility index (Phi) is 9.13. The van der Waals surface area contributed by atoms with Crippen LogP contribution < -0.4 is 10.1 Å². The molecule has 0 aromatic heterocycles. The summed E-state index contributed by atoms with van der Waals surface area (Å²) in [5.74, 6) is -0.271. The molecule has 0 aliphatic rings. The number of unbranched alkanes of at least 4 members (excludes halogenated alkanes) is 1. The standard InChI is InChI=1S/C20H31NO5/c1-6-9-13-26-17-11-10-15(14-16(17)18(22)25-8-3)21-19(23)20(4,24-5)12-7-2/h10-11,14H,6-9,12-13H2,1-5H3,(H,21,23). The first-order chi connectivity index (χ1) is 12.4. The van der Waals surface area contributed by atoms with Gasteiger partial charge in [0.2, 0.25) is 0 Å². The Bertz CT molecular complexity index is 602. The molecule has 0 saturated heterocycles. The lowest BCUT2D eigenvalue weighted by Crippen LogP contribution is -2.41. The highest BCUT2D eigenvalue weighted by atomic mass is 16.5. The van der Waals surface area contributed by atoms with Crippen molar-refractivity contribution in [3.8, 4) is 5.75 Å². The summed E-state index contributed by atoms with van der Waals surface area (Å²) in [6.45, 7) is 8.34. The molecule has 6 nitrogen and oxygen atoms in total. The monoisotopic (exact) mass is 365 g/mol. The number of anilines is 1. The van der Waals surface area contributed by atoms with Gasteiger partial charge in [0.25, 0.3) is 5.91 Å². The van der Waals surface area contributed by atoms with Gasteiger partial charge in [-0.15, -0.1) is 0 Å². The third-order valence-corrected chi connectivity index (χ3v) is 4.15. The summed E-state index contributed by atoms with van der Waals surface area (Å²) in [5.41, 5.74) is -0.120. The summed E-state index contributed by atoms with van der Waals surface area (Å²) in [6.07, 6.45) is 3.30. The van der Waals surface area contributed by atoms with E-state index in [9.17, 15) is 9.59 Å². The smallest absolute Gasteiger partial charge is 0.341 e. The molecule has 1 N–H and O–H groups in total. The number of hydrogen-bond acceptors (Lipinski definition) is 5. The number of benzene rings is 1. The predicted molar refractivity (Wildman–Crippen MR) is 102 cm³/mol. The molecule has 1 atom stereocenters. The maximum Gasteiger partial charge on any atom is 0.341 e. The van der Waals surface area contributed by atoms with E-state index in [1.165, 1.54) is 7.11 Å². The second-order valence-corrected chi connectivity index (χ2v) is 6.27. The third-order valence-electron chi connectivity index (χ3n) is 4.15. The molecule has 0 heterocycles. The largest absolute Gasteiger partial charge is 0.493 e. The van der Waals surface area contributed by atoms with Crippen molar-refractivity contribution in [2.45, 2.75) is 59.0 Å². The number of rotatable bonds is 11.